The number of carboxylic acid groups (broad SMARTS) is 2. The summed E-state index contributed by atoms with van der Waals surface area (Å²) in [5, 5.41) is 18.2. The summed E-state index contributed by atoms with van der Waals surface area (Å²) in [6, 6.07) is 5.32. The number of alkyl halides is 6. The third kappa shape index (κ3) is 11.7. The van der Waals surface area contributed by atoms with Gasteiger partial charge in [0.15, 0.2) is 5.58 Å². The zero-order valence-electron chi connectivity index (χ0n) is 19.2. The maximum Gasteiger partial charge on any atom is 0.490 e. The van der Waals surface area contributed by atoms with E-state index in [4.69, 9.17) is 29.0 Å². The number of piperazine rings is 1. The van der Waals surface area contributed by atoms with Gasteiger partial charge in [-0.2, -0.15) is 26.3 Å². The summed E-state index contributed by atoms with van der Waals surface area (Å²) in [5.74, 6) is -4.97. The van der Waals surface area contributed by atoms with Gasteiger partial charge in [-0.25, -0.2) is 19.4 Å². The van der Waals surface area contributed by atoms with Crippen LogP contribution in [0.3, 0.4) is 0 Å². The van der Waals surface area contributed by atoms with Crippen molar-refractivity contribution in [2.45, 2.75) is 24.0 Å². The number of oxazole rings is 1. The minimum Gasteiger partial charge on any atom is -0.475 e. The Balaban J connectivity index is 0.000000404. The number of methoxy groups -OCH3 is 1. The first kappa shape index (κ1) is 32.0. The molecular formula is C20H23F6N3O7S. The van der Waals surface area contributed by atoms with E-state index in [2.05, 4.69) is 15.2 Å². The molecule has 37 heavy (non-hydrogen) atoms. The van der Waals surface area contributed by atoms with Crippen molar-refractivity contribution in [2.24, 2.45) is 0 Å². The molecule has 10 nitrogen and oxygen atoms in total. The number of aromatic nitrogens is 1. The molecule has 0 saturated carbocycles. The van der Waals surface area contributed by atoms with E-state index in [0.717, 1.165) is 44.9 Å². The first-order chi connectivity index (χ1) is 17.2. The number of thioether (sulfide) groups is 1. The Bertz CT molecular complexity index is 1020. The lowest BCUT2D eigenvalue weighted by atomic mass is 10.2. The van der Waals surface area contributed by atoms with E-state index in [0.29, 0.717) is 21.9 Å². The number of esters is 1. The van der Waals surface area contributed by atoms with Gasteiger partial charge in [0.05, 0.1) is 7.11 Å². The first-order valence-electron chi connectivity index (χ1n) is 10.3. The van der Waals surface area contributed by atoms with E-state index >= 15 is 0 Å². The van der Waals surface area contributed by atoms with Gasteiger partial charge in [-0.05, 0) is 25.1 Å². The van der Waals surface area contributed by atoms with Gasteiger partial charge in [-0.3, -0.25) is 0 Å². The summed E-state index contributed by atoms with van der Waals surface area (Å²) in [6.45, 7) is 5.50. The van der Waals surface area contributed by atoms with Crippen molar-refractivity contribution in [1.82, 2.24) is 15.2 Å². The van der Waals surface area contributed by atoms with Crippen LogP contribution < -0.4 is 5.32 Å². The highest BCUT2D eigenvalue weighted by atomic mass is 32.2. The predicted octanol–water partition coefficient (Wildman–Crippen LogP) is 3.27. The molecule has 1 aromatic carbocycles. The fourth-order valence-corrected chi connectivity index (χ4v) is 3.40. The predicted molar refractivity (Wildman–Crippen MR) is 117 cm³/mol. The number of para-hydroxylation sites is 1. The van der Waals surface area contributed by atoms with Crippen LogP contribution in [0.1, 0.15) is 16.8 Å². The van der Waals surface area contributed by atoms with Gasteiger partial charge in [-0.1, -0.05) is 17.8 Å². The van der Waals surface area contributed by atoms with Crippen LogP contribution in [0.4, 0.5) is 26.3 Å². The first-order valence-corrected chi connectivity index (χ1v) is 11.3. The minimum atomic E-state index is -5.08. The number of hydrogen-bond donors (Lipinski definition) is 3. The topological polar surface area (TPSA) is 142 Å². The monoisotopic (exact) mass is 563 g/mol. The highest BCUT2D eigenvalue weighted by Crippen LogP contribution is 2.26. The SMILES string of the molecule is COC(=O)c1cccc2nc(SCCCN3CCNCC3)oc12.O=C(O)C(F)(F)F.O=C(O)C(F)(F)F. The van der Waals surface area contributed by atoms with Crippen LogP contribution in [0.2, 0.25) is 0 Å². The zero-order chi connectivity index (χ0) is 28.2. The second kappa shape index (κ2) is 14.6. The Labute approximate surface area is 209 Å². The molecule has 0 spiro atoms. The van der Waals surface area contributed by atoms with Gasteiger partial charge < -0.3 is 29.6 Å². The number of benzene rings is 1. The smallest absolute Gasteiger partial charge is 0.475 e. The molecule has 17 heteroatoms. The molecule has 3 N–H and O–H groups in total. The van der Waals surface area contributed by atoms with E-state index in [9.17, 15) is 31.1 Å². The Hall–Kier alpha value is -3.05. The van der Waals surface area contributed by atoms with Crippen molar-refractivity contribution in [3.05, 3.63) is 23.8 Å². The summed E-state index contributed by atoms with van der Waals surface area (Å²) in [7, 11) is 1.36. The van der Waals surface area contributed by atoms with Crippen molar-refractivity contribution in [3.8, 4) is 0 Å². The van der Waals surface area contributed by atoms with Crippen LogP contribution in [-0.2, 0) is 14.3 Å². The molecule has 3 rings (SSSR count). The van der Waals surface area contributed by atoms with Crippen LogP contribution in [0, 0.1) is 0 Å². The highest BCUT2D eigenvalue weighted by molar-refractivity contribution is 7.99. The molecule has 1 fully saturated rings. The molecule has 1 aliphatic rings. The van der Waals surface area contributed by atoms with Crippen molar-refractivity contribution in [1.29, 1.82) is 0 Å². The van der Waals surface area contributed by atoms with Gasteiger partial charge in [0.25, 0.3) is 5.22 Å². The number of rotatable bonds is 6. The molecule has 0 bridgehead atoms. The molecule has 208 valence electrons. The average molecular weight is 563 g/mol. The van der Waals surface area contributed by atoms with E-state index in [1.54, 1.807) is 23.9 Å². The number of ether oxygens (including phenoxy) is 1. The lowest BCUT2D eigenvalue weighted by Crippen LogP contribution is -2.43. The summed E-state index contributed by atoms with van der Waals surface area (Å²) in [5.41, 5.74) is 1.62. The quantitative estimate of drug-likeness (QED) is 0.206. The van der Waals surface area contributed by atoms with Gasteiger partial charge >= 0.3 is 30.3 Å². The molecule has 0 atom stereocenters. The standard InChI is InChI=1S/C16H21N3O3S.2C2HF3O2/c1-21-15(20)12-4-2-5-13-14(12)22-16(18-13)23-11-3-8-19-9-6-17-7-10-19;2*3-2(4,5)1(6)7/h2,4-5,17H,3,6-11H2,1H3;2*(H,6,7). The molecule has 2 heterocycles. The number of aliphatic carboxylic acids is 2. The molecule has 0 radical (unpaired) electrons. The minimum absolute atomic E-state index is 0.401. The second-order valence-electron chi connectivity index (χ2n) is 7.02. The fourth-order valence-electron chi connectivity index (χ4n) is 2.64. The van der Waals surface area contributed by atoms with Crippen molar-refractivity contribution in [3.63, 3.8) is 0 Å². The maximum absolute atomic E-state index is 11.7. The Kier molecular flexibility index (Phi) is 12.6. The molecule has 1 aliphatic heterocycles. The van der Waals surface area contributed by atoms with Crippen LogP contribution in [0.25, 0.3) is 11.1 Å². The van der Waals surface area contributed by atoms with E-state index in [1.165, 1.54) is 7.11 Å². The number of carboxylic acids is 2. The number of carbonyl (C=O) groups excluding carboxylic acids is 1. The third-order valence-electron chi connectivity index (χ3n) is 4.34. The van der Waals surface area contributed by atoms with E-state index in [-0.39, 0.29) is 0 Å². The van der Waals surface area contributed by atoms with Gasteiger partial charge in [0, 0.05) is 31.9 Å². The number of fused-ring (bicyclic) bond motifs is 1. The molecule has 1 saturated heterocycles. The van der Waals surface area contributed by atoms with E-state index < -0.39 is 30.3 Å². The van der Waals surface area contributed by atoms with Crippen LogP contribution in [-0.4, -0.2) is 95.9 Å². The summed E-state index contributed by atoms with van der Waals surface area (Å²) in [6.07, 6.45) is -9.08. The molecule has 1 aromatic heterocycles. The Morgan fingerprint density at radius 2 is 1.62 bits per heavy atom. The van der Waals surface area contributed by atoms with Gasteiger partial charge in [-0.15, -0.1) is 0 Å². The summed E-state index contributed by atoms with van der Waals surface area (Å²) < 4.78 is 74.0. The number of hydrogen-bond acceptors (Lipinski definition) is 9. The van der Waals surface area contributed by atoms with Crippen molar-refractivity contribution < 1.29 is 60.1 Å². The Morgan fingerprint density at radius 3 is 2.11 bits per heavy atom. The second-order valence-corrected chi connectivity index (χ2v) is 8.07. The molecule has 0 aliphatic carbocycles. The number of nitrogens with one attached hydrogen (secondary N) is 1. The fraction of sp³-hybridized carbons (Fsp3) is 0.500. The molecule has 0 unspecified atom stereocenters. The lowest BCUT2D eigenvalue weighted by molar-refractivity contribution is -0.193. The maximum atomic E-state index is 11.7. The Morgan fingerprint density at radius 1 is 1.08 bits per heavy atom. The normalized spacial score (nSPS) is 14.1. The lowest BCUT2D eigenvalue weighted by Gasteiger charge is -2.26. The van der Waals surface area contributed by atoms with Crippen LogP contribution in [0.15, 0.2) is 27.8 Å². The largest absolute Gasteiger partial charge is 0.490 e. The average Bonchev–Trinajstić information content (AvgIpc) is 3.24. The molecule has 2 aromatic rings. The van der Waals surface area contributed by atoms with Crippen LogP contribution in [0.5, 0.6) is 0 Å². The van der Waals surface area contributed by atoms with E-state index in [1.807, 2.05) is 6.07 Å². The van der Waals surface area contributed by atoms with Crippen LogP contribution >= 0.6 is 11.8 Å². The molecular weight excluding hydrogens is 540 g/mol. The third-order valence-corrected chi connectivity index (χ3v) is 5.25. The summed E-state index contributed by atoms with van der Waals surface area (Å²) >= 11 is 1.59. The summed E-state index contributed by atoms with van der Waals surface area (Å²) in [4.78, 5) is 36.4. The van der Waals surface area contributed by atoms with Gasteiger partial charge in [0.1, 0.15) is 11.1 Å². The zero-order valence-corrected chi connectivity index (χ0v) is 20.0. The van der Waals surface area contributed by atoms with Crippen molar-refractivity contribution >= 4 is 40.8 Å². The number of halogens is 6. The molecule has 0 amide bonds. The van der Waals surface area contributed by atoms with Crippen molar-refractivity contribution in [2.75, 3.05) is 45.6 Å². The highest BCUT2D eigenvalue weighted by Gasteiger charge is 2.38. The number of nitrogens with zero attached hydrogens (tertiary/aromatic N) is 2. The van der Waals surface area contributed by atoms with Gasteiger partial charge in [0.2, 0.25) is 0 Å². The number of carbonyl (C=O) groups is 3.